The van der Waals surface area contributed by atoms with E-state index < -0.39 is 5.97 Å². The first-order valence-electron chi connectivity index (χ1n) is 12.9. The lowest BCUT2D eigenvalue weighted by molar-refractivity contribution is 0.0696. The van der Waals surface area contributed by atoms with Crippen LogP contribution in [0.5, 0.6) is 0 Å². The lowest BCUT2D eigenvalue weighted by Crippen LogP contribution is -2.17. The third-order valence-electron chi connectivity index (χ3n) is 6.93. The first kappa shape index (κ1) is 27.6. The van der Waals surface area contributed by atoms with Gasteiger partial charge in [-0.05, 0) is 68.3 Å². The summed E-state index contributed by atoms with van der Waals surface area (Å²) in [6.45, 7) is 6.82. The topological polar surface area (TPSA) is 125 Å². The van der Waals surface area contributed by atoms with Gasteiger partial charge in [-0.15, -0.1) is 0 Å². The quantitative estimate of drug-likeness (QED) is 0.193. The van der Waals surface area contributed by atoms with Gasteiger partial charge in [0, 0.05) is 64.0 Å². The molecule has 1 aliphatic rings. The van der Waals surface area contributed by atoms with Gasteiger partial charge in [-0.25, -0.2) is 9.18 Å². The number of carbonyl (C=O) groups is 1. The molecule has 0 atom stereocenters. The number of aromatic carboxylic acids is 1. The van der Waals surface area contributed by atoms with Gasteiger partial charge in [0.1, 0.15) is 5.82 Å². The fraction of sp³-hybridized carbons (Fsp3) is 0.258. The summed E-state index contributed by atoms with van der Waals surface area (Å²) in [6, 6.07) is 16.6. The molecule has 0 unspecified atom stereocenters. The van der Waals surface area contributed by atoms with Crippen LogP contribution < -0.4 is 5.73 Å². The Labute approximate surface area is 226 Å². The van der Waals surface area contributed by atoms with E-state index in [9.17, 15) is 19.6 Å². The SMILES string of the molecule is CC.CC(=N)c1cc2c(cc1N)c(-c1ccc(C(=O)O)cc1C#N)c(C1CCOCC1)n2-c1ccc(F)cc1. The van der Waals surface area contributed by atoms with Crippen LogP contribution in [0.2, 0.25) is 0 Å². The summed E-state index contributed by atoms with van der Waals surface area (Å²) < 4.78 is 21.6. The minimum Gasteiger partial charge on any atom is -0.478 e. The zero-order valence-electron chi connectivity index (χ0n) is 22.2. The Bertz CT molecular complexity index is 1590. The molecule has 5 rings (SSSR count). The third-order valence-corrected chi connectivity index (χ3v) is 6.93. The standard InChI is InChI=1S/C29H25FN4O3.C2H6/c1-16(32)23-14-26-24(13-25(23)33)27(22-7-2-18(29(35)36)12-19(22)15-31)28(17-8-10-37-11-9-17)34(26)21-5-3-20(30)4-6-21;1-2/h2-7,12-14,17,32H,8-11,33H2,1H3,(H,35,36);1-2H3. The number of aromatic nitrogens is 1. The lowest BCUT2D eigenvalue weighted by Gasteiger charge is -2.26. The number of nitrogens with zero attached hydrogens (tertiary/aromatic N) is 2. The van der Waals surface area contributed by atoms with E-state index in [1.165, 1.54) is 24.3 Å². The predicted octanol–water partition coefficient (Wildman–Crippen LogP) is 6.90. The Morgan fingerprint density at radius 2 is 1.79 bits per heavy atom. The van der Waals surface area contributed by atoms with Crippen molar-refractivity contribution in [2.24, 2.45) is 0 Å². The number of fused-ring (bicyclic) bond motifs is 1. The maximum atomic E-state index is 13.9. The Hall–Kier alpha value is -4.48. The normalized spacial score (nSPS) is 13.4. The number of nitrogens with one attached hydrogen (secondary N) is 1. The molecule has 0 radical (unpaired) electrons. The van der Waals surface area contributed by atoms with Crippen LogP contribution in [0.3, 0.4) is 0 Å². The van der Waals surface area contributed by atoms with Crippen molar-refractivity contribution in [3.63, 3.8) is 0 Å². The number of benzene rings is 3. The van der Waals surface area contributed by atoms with Gasteiger partial charge in [0.05, 0.1) is 22.7 Å². The summed E-state index contributed by atoms with van der Waals surface area (Å²) >= 11 is 0. The lowest BCUT2D eigenvalue weighted by atomic mass is 9.87. The highest BCUT2D eigenvalue weighted by atomic mass is 19.1. The van der Waals surface area contributed by atoms with Crippen molar-refractivity contribution < 1.29 is 19.0 Å². The molecular formula is C31H31FN4O3. The van der Waals surface area contributed by atoms with Crippen molar-refractivity contribution in [3.8, 4) is 22.9 Å². The van der Waals surface area contributed by atoms with E-state index in [1.807, 2.05) is 26.0 Å². The monoisotopic (exact) mass is 526 g/mol. The van der Waals surface area contributed by atoms with Gasteiger partial charge >= 0.3 is 5.97 Å². The van der Waals surface area contributed by atoms with E-state index in [1.54, 1.807) is 25.1 Å². The van der Waals surface area contributed by atoms with Crippen LogP contribution in [0, 0.1) is 22.6 Å². The van der Waals surface area contributed by atoms with Crippen LogP contribution in [0.1, 0.15) is 66.7 Å². The average molecular weight is 527 g/mol. The number of halogens is 1. The van der Waals surface area contributed by atoms with Gasteiger partial charge in [-0.2, -0.15) is 5.26 Å². The molecule has 0 saturated carbocycles. The number of hydrogen-bond acceptors (Lipinski definition) is 5. The van der Waals surface area contributed by atoms with Crippen molar-refractivity contribution >= 4 is 28.3 Å². The van der Waals surface area contributed by atoms with Gasteiger partial charge in [-0.1, -0.05) is 19.9 Å². The highest BCUT2D eigenvalue weighted by Crippen LogP contribution is 2.45. The molecule has 8 heteroatoms. The van der Waals surface area contributed by atoms with E-state index in [2.05, 4.69) is 10.6 Å². The van der Waals surface area contributed by atoms with E-state index in [4.69, 9.17) is 15.9 Å². The molecule has 1 aliphatic heterocycles. The summed E-state index contributed by atoms with van der Waals surface area (Å²) in [5, 5.41) is 28.5. The molecule has 0 aliphatic carbocycles. The highest BCUT2D eigenvalue weighted by molar-refractivity contribution is 6.09. The minimum atomic E-state index is -1.11. The summed E-state index contributed by atoms with van der Waals surface area (Å²) in [7, 11) is 0. The molecule has 1 fully saturated rings. The van der Waals surface area contributed by atoms with Gasteiger partial charge in [-0.3, -0.25) is 0 Å². The van der Waals surface area contributed by atoms with Crippen molar-refractivity contribution in [3.05, 3.63) is 82.8 Å². The fourth-order valence-corrected chi connectivity index (χ4v) is 5.19. The molecule has 39 heavy (non-hydrogen) atoms. The number of carboxylic acids is 1. The molecule has 1 saturated heterocycles. The molecule has 200 valence electrons. The third kappa shape index (κ3) is 5.14. The van der Waals surface area contributed by atoms with E-state index in [0.29, 0.717) is 35.7 Å². The number of hydrogen-bond donors (Lipinski definition) is 3. The molecule has 3 aromatic carbocycles. The number of nitrogen functional groups attached to an aromatic ring is 1. The molecule has 4 aromatic rings. The van der Waals surface area contributed by atoms with Gasteiger partial charge in [0.15, 0.2) is 0 Å². The largest absolute Gasteiger partial charge is 0.478 e. The Balaban J connectivity index is 0.00000172. The first-order valence-corrected chi connectivity index (χ1v) is 12.9. The van der Waals surface area contributed by atoms with E-state index >= 15 is 0 Å². The van der Waals surface area contributed by atoms with Crippen LogP contribution in [-0.2, 0) is 4.74 Å². The van der Waals surface area contributed by atoms with Crippen LogP contribution in [0.4, 0.5) is 10.1 Å². The van der Waals surface area contributed by atoms with Gasteiger partial charge in [0.25, 0.3) is 0 Å². The summed E-state index contributed by atoms with van der Waals surface area (Å²) in [5.41, 5.74) is 11.8. The van der Waals surface area contributed by atoms with E-state index in [0.717, 1.165) is 40.7 Å². The molecule has 2 heterocycles. The summed E-state index contributed by atoms with van der Waals surface area (Å²) in [4.78, 5) is 11.6. The van der Waals surface area contributed by atoms with Crippen LogP contribution in [0.25, 0.3) is 27.7 Å². The zero-order valence-corrected chi connectivity index (χ0v) is 22.2. The Morgan fingerprint density at radius 3 is 2.38 bits per heavy atom. The minimum absolute atomic E-state index is 0.0245. The van der Waals surface area contributed by atoms with Crippen LogP contribution >= 0.6 is 0 Å². The van der Waals surface area contributed by atoms with Crippen molar-refractivity contribution in [2.45, 2.75) is 39.5 Å². The number of nitriles is 1. The summed E-state index contributed by atoms with van der Waals surface area (Å²) in [5.74, 6) is -1.42. The molecular weight excluding hydrogens is 495 g/mol. The second-order valence-electron chi connectivity index (χ2n) is 9.22. The van der Waals surface area contributed by atoms with Crippen LogP contribution in [-0.4, -0.2) is 34.6 Å². The molecule has 1 aromatic heterocycles. The molecule has 4 N–H and O–H groups in total. The smallest absolute Gasteiger partial charge is 0.335 e. The molecule has 0 bridgehead atoms. The van der Waals surface area contributed by atoms with Crippen LogP contribution in [0.15, 0.2) is 54.6 Å². The number of nitrogens with two attached hydrogens (primary N) is 1. The molecule has 7 nitrogen and oxygen atoms in total. The second-order valence-corrected chi connectivity index (χ2v) is 9.22. The summed E-state index contributed by atoms with van der Waals surface area (Å²) in [6.07, 6.45) is 1.48. The predicted molar refractivity (Wildman–Crippen MR) is 151 cm³/mol. The molecule has 0 amide bonds. The molecule has 0 spiro atoms. The fourth-order valence-electron chi connectivity index (χ4n) is 5.19. The highest BCUT2D eigenvalue weighted by Gasteiger charge is 2.29. The van der Waals surface area contributed by atoms with Crippen molar-refractivity contribution in [2.75, 3.05) is 18.9 Å². The van der Waals surface area contributed by atoms with Gasteiger partial charge < -0.3 is 25.6 Å². The van der Waals surface area contributed by atoms with Crippen molar-refractivity contribution in [1.29, 1.82) is 10.7 Å². The average Bonchev–Trinajstić information content (AvgIpc) is 3.27. The zero-order chi connectivity index (χ0) is 28.3. The van der Waals surface area contributed by atoms with Gasteiger partial charge in [0.2, 0.25) is 0 Å². The maximum absolute atomic E-state index is 13.9. The number of rotatable bonds is 5. The second kappa shape index (κ2) is 11.5. The Kier molecular flexibility index (Phi) is 8.12. The van der Waals surface area contributed by atoms with E-state index in [-0.39, 0.29) is 22.9 Å². The number of ether oxygens (including phenoxy) is 1. The van der Waals surface area contributed by atoms with Crippen molar-refractivity contribution in [1.82, 2.24) is 4.57 Å². The number of carboxylic acid groups (broad SMARTS) is 1. The maximum Gasteiger partial charge on any atom is 0.335 e. The Morgan fingerprint density at radius 1 is 1.13 bits per heavy atom. The first-order chi connectivity index (χ1) is 18.8. The number of anilines is 1.